The monoisotopic (exact) mass is 528 g/mol. The number of halogens is 1. The van der Waals surface area contributed by atoms with Crippen LogP contribution in [0.2, 0.25) is 0 Å². The minimum absolute atomic E-state index is 0.00313. The second-order valence-corrected chi connectivity index (χ2v) is 8.67. The molecule has 0 N–H and O–H groups in total. The van der Waals surface area contributed by atoms with Gasteiger partial charge >= 0.3 is 11.9 Å². The quantitative estimate of drug-likeness (QED) is 0.389. The Morgan fingerprint density at radius 2 is 1.68 bits per heavy atom. The number of hydrogen-bond acceptors (Lipinski definition) is 7. The van der Waals surface area contributed by atoms with Crippen molar-refractivity contribution in [1.82, 2.24) is 9.78 Å². The molecule has 1 aliphatic carbocycles. The highest BCUT2D eigenvalue weighted by Crippen LogP contribution is 2.42. The number of rotatable bonds is 7. The predicted molar refractivity (Wildman–Crippen MR) is 129 cm³/mol. The molecule has 0 bridgehead atoms. The molecule has 1 heterocycles. The van der Waals surface area contributed by atoms with E-state index in [0.29, 0.717) is 27.2 Å². The van der Waals surface area contributed by atoms with Crippen molar-refractivity contribution in [3.8, 4) is 28.4 Å². The molecule has 0 atom stereocenters. The zero-order valence-electron chi connectivity index (χ0n) is 19.2. The van der Waals surface area contributed by atoms with E-state index >= 15 is 0 Å². The van der Waals surface area contributed by atoms with Gasteiger partial charge in [-0.3, -0.25) is 0 Å². The second-order valence-electron chi connectivity index (χ2n) is 7.82. The summed E-state index contributed by atoms with van der Waals surface area (Å²) in [5.74, 6) is -0.344. The number of hydrogen-bond donors (Lipinski definition) is 0. The van der Waals surface area contributed by atoms with Crippen LogP contribution in [0.15, 0.2) is 46.9 Å². The number of benzene rings is 2. The van der Waals surface area contributed by atoms with Gasteiger partial charge in [-0.25, -0.2) is 14.3 Å². The van der Waals surface area contributed by atoms with Gasteiger partial charge in [0.15, 0.2) is 17.2 Å². The number of aromatic nitrogens is 2. The first kappa shape index (κ1) is 23.8. The lowest BCUT2D eigenvalue weighted by atomic mass is 10.0. The molecule has 0 aliphatic heterocycles. The molecule has 1 aromatic heterocycles. The summed E-state index contributed by atoms with van der Waals surface area (Å²) < 4.78 is 23.9. The summed E-state index contributed by atoms with van der Waals surface area (Å²) >= 11 is 3.59. The lowest BCUT2D eigenvalue weighted by Crippen LogP contribution is -2.15. The molecular weight excluding hydrogens is 504 g/mol. The summed E-state index contributed by atoms with van der Waals surface area (Å²) in [7, 11) is 4.05. The fourth-order valence-corrected chi connectivity index (χ4v) is 4.64. The van der Waals surface area contributed by atoms with Crippen molar-refractivity contribution in [3.63, 3.8) is 0 Å². The highest BCUT2D eigenvalue weighted by molar-refractivity contribution is 9.10. The SMILES string of the molecule is COC(=O)c1c(-c2cc(Br)c(OC3CCCC3)c(OC)c2)nn(-c2ccccc2)c1C(=O)OC. The third-order valence-electron chi connectivity index (χ3n) is 5.74. The number of para-hydroxylation sites is 1. The molecule has 1 saturated carbocycles. The Labute approximate surface area is 205 Å². The zero-order valence-corrected chi connectivity index (χ0v) is 20.8. The molecule has 0 amide bonds. The smallest absolute Gasteiger partial charge is 0.357 e. The molecule has 9 heteroatoms. The van der Waals surface area contributed by atoms with Crippen LogP contribution >= 0.6 is 15.9 Å². The van der Waals surface area contributed by atoms with Crippen LogP contribution in [0.5, 0.6) is 11.5 Å². The highest BCUT2D eigenvalue weighted by Gasteiger charge is 2.32. The van der Waals surface area contributed by atoms with Crippen LogP contribution < -0.4 is 9.47 Å². The fourth-order valence-electron chi connectivity index (χ4n) is 4.10. The van der Waals surface area contributed by atoms with Crippen LogP contribution in [0, 0.1) is 0 Å². The normalized spacial score (nSPS) is 13.5. The Kier molecular flexibility index (Phi) is 7.21. The Morgan fingerprint density at radius 1 is 1.00 bits per heavy atom. The number of carbonyl (C=O) groups excluding carboxylic acids is 2. The van der Waals surface area contributed by atoms with E-state index in [-0.39, 0.29) is 23.1 Å². The number of methoxy groups -OCH3 is 3. The number of carbonyl (C=O) groups is 2. The Balaban J connectivity index is 1.91. The highest BCUT2D eigenvalue weighted by atomic mass is 79.9. The van der Waals surface area contributed by atoms with Crippen LogP contribution in [0.1, 0.15) is 46.5 Å². The van der Waals surface area contributed by atoms with E-state index in [4.69, 9.17) is 18.9 Å². The van der Waals surface area contributed by atoms with E-state index in [1.54, 1.807) is 31.4 Å². The van der Waals surface area contributed by atoms with Gasteiger partial charge in [0.2, 0.25) is 0 Å². The molecule has 4 rings (SSSR count). The topological polar surface area (TPSA) is 88.9 Å². The van der Waals surface area contributed by atoms with Crippen molar-refractivity contribution < 1.29 is 28.5 Å². The summed E-state index contributed by atoms with van der Waals surface area (Å²) in [4.78, 5) is 25.7. The summed E-state index contributed by atoms with van der Waals surface area (Å²) in [6.07, 6.45) is 4.39. The molecule has 0 saturated heterocycles. The van der Waals surface area contributed by atoms with E-state index < -0.39 is 11.9 Å². The first-order chi connectivity index (χ1) is 16.5. The lowest BCUT2D eigenvalue weighted by Gasteiger charge is -2.18. The van der Waals surface area contributed by atoms with Crippen LogP contribution in [0.3, 0.4) is 0 Å². The fraction of sp³-hybridized carbons (Fsp3) is 0.320. The number of esters is 2. The molecule has 0 spiro atoms. The van der Waals surface area contributed by atoms with E-state index in [9.17, 15) is 9.59 Å². The van der Waals surface area contributed by atoms with E-state index in [1.807, 2.05) is 18.2 Å². The molecule has 178 valence electrons. The van der Waals surface area contributed by atoms with Crippen molar-refractivity contribution in [2.75, 3.05) is 21.3 Å². The summed E-state index contributed by atoms with van der Waals surface area (Å²) in [5.41, 5.74) is 1.35. The predicted octanol–water partition coefficient (Wildman–Crippen LogP) is 5.21. The van der Waals surface area contributed by atoms with Gasteiger partial charge in [-0.2, -0.15) is 5.10 Å². The van der Waals surface area contributed by atoms with Gasteiger partial charge in [-0.1, -0.05) is 18.2 Å². The lowest BCUT2D eigenvalue weighted by molar-refractivity contribution is 0.0549. The molecule has 1 fully saturated rings. The molecule has 0 unspecified atom stereocenters. The van der Waals surface area contributed by atoms with Gasteiger partial charge in [0.25, 0.3) is 0 Å². The Hall–Kier alpha value is -3.33. The third kappa shape index (κ3) is 4.52. The first-order valence-electron chi connectivity index (χ1n) is 10.9. The minimum atomic E-state index is -0.713. The molecule has 2 aromatic carbocycles. The van der Waals surface area contributed by atoms with Crippen molar-refractivity contribution in [2.24, 2.45) is 0 Å². The van der Waals surface area contributed by atoms with Crippen LogP contribution in [0.25, 0.3) is 16.9 Å². The van der Waals surface area contributed by atoms with E-state index in [1.165, 1.54) is 18.9 Å². The van der Waals surface area contributed by atoms with Crippen LogP contribution in [-0.4, -0.2) is 49.2 Å². The number of ether oxygens (including phenoxy) is 4. The second kappa shape index (κ2) is 10.3. The van der Waals surface area contributed by atoms with Crippen molar-refractivity contribution in [1.29, 1.82) is 0 Å². The zero-order chi connectivity index (χ0) is 24.2. The molecule has 0 radical (unpaired) electrons. The largest absolute Gasteiger partial charge is 0.493 e. The Morgan fingerprint density at radius 3 is 2.29 bits per heavy atom. The van der Waals surface area contributed by atoms with E-state index in [0.717, 1.165) is 25.7 Å². The van der Waals surface area contributed by atoms with Gasteiger partial charge in [0.05, 0.1) is 37.6 Å². The number of nitrogens with zero attached hydrogens (tertiary/aromatic N) is 2. The summed E-state index contributed by atoms with van der Waals surface area (Å²) in [6, 6.07) is 12.5. The van der Waals surface area contributed by atoms with E-state index in [2.05, 4.69) is 21.0 Å². The maximum Gasteiger partial charge on any atom is 0.357 e. The molecule has 3 aromatic rings. The van der Waals surface area contributed by atoms with Crippen molar-refractivity contribution >= 4 is 27.9 Å². The van der Waals surface area contributed by atoms with Crippen LogP contribution in [0.4, 0.5) is 0 Å². The molecule has 8 nitrogen and oxygen atoms in total. The van der Waals surface area contributed by atoms with Gasteiger partial charge < -0.3 is 18.9 Å². The van der Waals surface area contributed by atoms with Crippen LogP contribution in [-0.2, 0) is 9.47 Å². The van der Waals surface area contributed by atoms with Crippen molar-refractivity contribution in [3.05, 3.63) is 58.2 Å². The van der Waals surface area contributed by atoms with Gasteiger partial charge in [0, 0.05) is 5.56 Å². The van der Waals surface area contributed by atoms with Gasteiger partial charge in [0.1, 0.15) is 11.3 Å². The summed E-state index contributed by atoms with van der Waals surface area (Å²) in [6.45, 7) is 0. The molecular formula is C25H25BrN2O6. The summed E-state index contributed by atoms with van der Waals surface area (Å²) in [5, 5.41) is 4.64. The van der Waals surface area contributed by atoms with Gasteiger partial charge in [-0.15, -0.1) is 0 Å². The van der Waals surface area contributed by atoms with Crippen molar-refractivity contribution in [2.45, 2.75) is 31.8 Å². The van der Waals surface area contributed by atoms with Gasteiger partial charge in [-0.05, 0) is 65.9 Å². The minimum Gasteiger partial charge on any atom is -0.493 e. The maximum atomic E-state index is 12.9. The molecule has 34 heavy (non-hydrogen) atoms. The molecule has 1 aliphatic rings. The standard InChI is InChI=1S/C25H25BrN2O6/c1-31-19-14-15(13-18(26)23(19)34-17-11-7-8-12-17)21-20(24(29)32-2)22(25(30)33-3)28(27-21)16-9-5-4-6-10-16/h4-6,9-10,13-14,17H,7-8,11-12H2,1-3H3. The average Bonchev–Trinajstić information content (AvgIpc) is 3.52. The first-order valence-corrected chi connectivity index (χ1v) is 11.7. The Bertz CT molecular complexity index is 1200. The third-order valence-corrected chi connectivity index (χ3v) is 6.33. The maximum absolute atomic E-state index is 12.9. The average molecular weight is 529 g/mol.